The van der Waals surface area contributed by atoms with E-state index in [0.29, 0.717) is 73.7 Å². The summed E-state index contributed by atoms with van der Waals surface area (Å²) >= 11 is 1.24. The molecule has 0 aliphatic carbocycles. The number of aryl methyl sites for hydroxylation is 1. The number of carbonyl (C=O) groups is 1. The van der Waals surface area contributed by atoms with Gasteiger partial charge in [0, 0.05) is 64.0 Å². The van der Waals surface area contributed by atoms with Gasteiger partial charge >= 0.3 is 12.1 Å². The molecule has 3 heterocycles. The molecule has 1 fully saturated rings. The van der Waals surface area contributed by atoms with Crippen molar-refractivity contribution in [2.75, 3.05) is 74.7 Å². The van der Waals surface area contributed by atoms with Crippen LogP contribution in [0.1, 0.15) is 38.6 Å². The van der Waals surface area contributed by atoms with Crippen LogP contribution in [-0.2, 0) is 20.4 Å². The van der Waals surface area contributed by atoms with Crippen molar-refractivity contribution in [3.8, 4) is 11.3 Å². The Kier molecular flexibility index (Phi) is 11.6. The number of halogens is 4. The van der Waals surface area contributed by atoms with Gasteiger partial charge < -0.3 is 24.6 Å². The van der Waals surface area contributed by atoms with Crippen molar-refractivity contribution in [3.05, 3.63) is 41.5 Å². The average molecular weight is 654 g/mol. The first-order valence-corrected chi connectivity index (χ1v) is 15.6. The van der Waals surface area contributed by atoms with Crippen molar-refractivity contribution in [3.63, 3.8) is 0 Å². The highest BCUT2D eigenvalue weighted by molar-refractivity contribution is 7.20. The molecule has 0 spiro atoms. The van der Waals surface area contributed by atoms with Gasteiger partial charge in [-0.15, -0.1) is 0 Å². The van der Waals surface area contributed by atoms with Gasteiger partial charge in [0.2, 0.25) is 0 Å². The number of carbonyl (C=O) groups excluding carboxylic acids is 1. The van der Waals surface area contributed by atoms with Gasteiger partial charge in [0.1, 0.15) is 34.0 Å². The van der Waals surface area contributed by atoms with Crippen LogP contribution in [0.4, 0.5) is 39.3 Å². The highest BCUT2D eigenvalue weighted by atomic mass is 32.1. The third-order valence-corrected chi connectivity index (χ3v) is 8.23. The molecular weight excluding hydrogens is 614 g/mol. The van der Waals surface area contributed by atoms with Gasteiger partial charge in [-0.1, -0.05) is 11.3 Å². The summed E-state index contributed by atoms with van der Waals surface area (Å²) in [5.41, 5.74) is -0.844. The van der Waals surface area contributed by atoms with E-state index in [1.54, 1.807) is 27.0 Å². The molecule has 2 aromatic heterocycles. The van der Waals surface area contributed by atoms with E-state index in [4.69, 9.17) is 9.47 Å². The second-order valence-corrected chi connectivity index (χ2v) is 11.8. The predicted octanol–water partition coefficient (Wildman–Crippen LogP) is 5.75. The number of anilines is 4. The fourth-order valence-corrected chi connectivity index (χ4v) is 6.15. The molecule has 15 heteroatoms. The first-order chi connectivity index (χ1) is 21.4. The second-order valence-electron chi connectivity index (χ2n) is 10.8. The van der Waals surface area contributed by atoms with E-state index >= 15 is 0 Å². The van der Waals surface area contributed by atoms with Crippen molar-refractivity contribution in [2.45, 2.75) is 46.3 Å². The molecule has 0 bridgehead atoms. The van der Waals surface area contributed by atoms with E-state index in [-0.39, 0.29) is 23.3 Å². The third-order valence-electron chi connectivity index (χ3n) is 7.22. The van der Waals surface area contributed by atoms with Gasteiger partial charge in [0.25, 0.3) is 0 Å². The average Bonchev–Trinajstić information content (AvgIpc) is 3.38. The summed E-state index contributed by atoms with van der Waals surface area (Å²) in [6.45, 7) is 12.2. The number of hydrogen-bond donors (Lipinski definition) is 1. The van der Waals surface area contributed by atoms with Crippen LogP contribution in [0.15, 0.2) is 24.3 Å². The number of rotatable bonds is 13. The van der Waals surface area contributed by atoms with Gasteiger partial charge in [-0.05, 0) is 45.9 Å². The van der Waals surface area contributed by atoms with Crippen molar-refractivity contribution >= 4 is 39.1 Å². The minimum Gasteiger partial charge on any atom is -0.466 e. The molecule has 1 aliphatic heterocycles. The molecule has 0 saturated carbocycles. The minimum atomic E-state index is -4.72. The smallest absolute Gasteiger partial charge is 0.416 e. The number of piperazine rings is 1. The summed E-state index contributed by atoms with van der Waals surface area (Å²) in [7, 11) is 1.57. The Morgan fingerprint density at radius 3 is 2.49 bits per heavy atom. The number of ether oxygens (including phenoxy) is 2. The number of hydrogen-bond acceptors (Lipinski definition) is 11. The van der Waals surface area contributed by atoms with Crippen LogP contribution in [0.2, 0.25) is 0 Å². The normalized spacial score (nSPS) is 14.2. The lowest BCUT2D eigenvalue weighted by Gasteiger charge is -2.35. The van der Waals surface area contributed by atoms with Crippen LogP contribution in [0, 0.1) is 12.7 Å². The quantitative estimate of drug-likeness (QED) is 0.182. The largest absolute Gasteiger partial charge is 0.466 e. The molecule has 1 aromatic carbocycles. The van der Waals surface area contributed by atoms with E-state index in [0.717, 1.165) is 31.0 Å². The Hall–Kier alpha value is -3.56. The van der Waals surface area contributed by atoms with Gasteiger partial charge in [-0.3, -0.25) is 9.69 Å². The topological polar surface area (TPSA) is 96.0 Å². The molecule has 1 aliphatic rings. The molecular formula is C30H39F4N7O3S. The van der Waals surface area contributed by atoms with Crippen LogP contribution in [0.5, 0.6) is 0 Å². The molecule has 0 atom stereocenters. The Morgan fingerprint density at radius 1 is 1.11 bits per heavy atom. The zero-order valence-electron chi connectivity index (χ0n) is 26.1. The lowest BCUT2D eigenvalue weighted by Crippen LogP contribution is -2.47. The maximum Gasteiger partial charge on any atom is 0.416 e. The molecule has 1 saturated heterocycles. The Labute approximate surface area is 264 Å². The molecule has 0 unspecified atom stereocenters. The van der Waals surface area contributed by atoms with Crippen molar-refractivity contribution in [1.29, 1.82) is 0 Å². The van der Waals surface area contributed by atoms with E-state index in [2.05, 4.69) is 30.1 Å². The fourth-order valence-electron chi connectivity index (χ4n) is 4.99. The minimum absolute atomic E-state index is 0.0186. The van der Waals surface area contributed by atoms with Gasteiger partial charge in [-0.25, -0.2) is 19.3 Å². The van der Waals surface area contributed by atoms with Crippen LogP contribution in [-0.4, -0.2) is 91.5 Å². The fraction of sp³-hybridized carbons (Fsp3) is 0.533. The van der Waals surface area contributed by atoms with Crippen LogP contribution in [0.25, 0.3) is 11.3 Å². The highest BCUT2D eigenvalue weighted by Gasteiger charge is 2.32. The van der Waals surface area contributed by atoms with Gasteiger partial charge in [-0.2, -0.15) is 13.2 Å². The van der Waals surface area contributed by atoms with Gasteiger partial charge in [0.15, 0.2) is 5.13 Å². The van der Waals surface area contributed by atoms with Crippen LogP contribution >= 0.6 is 11.3 Å². The number of alkyl halides is 3. The van der Waals surface area contributed by atoms with Crippen molar-refractivity contribution in [1.82, 2.24) is 19.9 Å². The monoisotopic (exact) mass is 653 g/mol. The third kappa shape index (κ3) is 9.23. The zero-order valence-corrected chi connectivity index (χ0v) is 26.9. The van der Waals surface area contributed by atoms with Crippen LogP contribution in [0.3, 0.4) is 0 Å². The van der Waals surface area contributed by atoms with Crippen molar-refractivity contribution < 1.29 is 31.8 Å². The summed E-state index contributed by atoms with van der Waals surface area (Å²) in [4.78, 5) is 31.8. The molecule has 0 radical (unpaired) electrons. The zero-order chi connectivity index (χ0) is 32.7. The Morgan fingerprint density at radius 2 is 1.84 bits per heavy atom. The molecule has 3 aromatic rings. The molecule has 4 rings (SSSR count). The summed E-state index contributed by atoms with van der Waals surface area (Å²) in [5, 5.41) is 4.17. The number of nitrogens with one attached hydrogen (secondary N) is 1. The molecule has 45 heavy (non-hydrogen) atoms. The first-order valence-electron chi connectivity index (χ1n) is 14.8. The number of nitrogens with zero attached hydrogens (tertiary/aromatic N) is 6. The molecule has 0 amide bonds. The lowest BCUT2D eigenvalue weighted by atomic mass is 10.1. The van der Waals surface area contributed by atoms with E-state index < -0.39 is 17.6 Å². The van der Waals surface area contributed by atoms with E-state index in [1.165, 1.54) is 11.3 Å². The van der Waals surface area contributed by atoms with E-state index in [1.807, 2.05) is 18.7 Å². The van der Waals surface area contributed by atoms with Crippen LogP contribution < -0.4 is 15.1 Å². The van der Waals surface area contributed by atoms with E-state index in [9.17, 15) is 22.4 Å². The summed E-state index contributed by atoms with van der Waals surface area (Å²) in [6, 6.07) is 4.21. The SMILES string of the molecule is CCOC(=O)CCN1CCN(c2cc(Nc3nc(-c4cc(F)cc(C(F)(F)F)c4)c(N(CCOC)C(C)C)s3)nc(C)n2)CC1. The summed E-state index contributed by atoms with van der Waals surface area (Å²) in [6.07, 6.45) is -4.37. The maximum absolute atomic E-state index is 14.5. The molecule has 1 N–H and O–H groups in total. The Bertz CT molecular complexity index is 1450. The summed E-state index contributed by atoms with van der Waals surface area (Å²) < 4.78 is 65.6. The molecule has 246 valence electrons. The number of thiazole rings is 1. The van der Waals surface area contributed by atoms with Crippen molar-refractivity contribution in [2.24, 2.45) is 0 Å². The first kappa shape index (κ1) is 34.3. The number of aromatic nitrogens is 3. The number of methoxy groups -OCH3 is 1. The molecule has 10 nitrogen and oxygen atoms in total. The predicted molar refractivity (Wildman–Crippen MR) is 167 cm³/mol. The maximum atomic E-state index is 14.5. The summed E-state index contributed by atoms with van der Waals surface area (Å²) in [5.74, 6) is 0.510. The Balaban J connectivity index is 1.60. The number of esters is 1. The number of benzene rings is 1. The standard InChI is InChI=1S/C30H39F4N7O3S/c1-6-44-26(42)7-8-39-9-11-40(12-10-39)25-18-24(35-20(4)36-25)37-29-38-27(28(45-29)41(19(2)3)13-14-43-5)21-15-22(30(32,33)34)17-23(31)16-21/h15-19H,6-14H2,1-5H3,(H,35,36,37,38). The lowest BCUT2D eigenvalue weighted by molar-refractivity contribution is -0.143. The van der Waals surface area contributed by atoms with Gasteiger partial charge in [0.05, 0.1) is 25.2 Å². The highest BCUT2D eigenvalue weighted by Crippen LogP contribution is 2.42. The second kappa shape index (κ2) is 15.1.